The highest BCUT2D eigenvalue weighted by Crippen LogP contribution is 2.16. The average Bonchev–Trinajstić information content (AvgIpc) is 2.30. The fraction of sp³-hybridized carbons (Fsp3) is 0.0667. The second-order valence-corrected chi connectivity index (χ2v) is 4.04. The quantitative estimate of drug-likeness (QED) is 0.681. The van der Waals surface area contributed by atoms with Gasteiger partial charge in [0, 0.05) is 10.6 Å². The van der Waals surface area contributed by atoms with Crippen LogP contribution in [0.15, 0.2) is 48.5 Å². The van der Waals surface area contributed by atoms with Crippen molar-refractivity contribution in [2.24, 2.45) is 0 Å². The Balaban J connectivity index is 2.31. The summed E-state index contributed by atoms with van der Waals surface area (Å²) < 4.78 is 0. The number of hydrogen-bond donors (Lipinski definition) is 0. The molecule has 16 heavy (non-hydrogen) atoms. The third kappa shape index (κ3) is 2.45. The first kappa shape index (κ1) is 10.8. The van der Waals surface area contributed by atoms with Gasteiger partial charge in [0.15, 0.2) is 0 Å². The molecule has 0 saturated carbocycles. The molecule has 0 aliphatic rings. The zero-order valence-electron chi connectivity index (χ0n) is 8.78. The predicted octanol–water partition coefficient (Wildman–Crippen LogP) is 3.91. The van der Waals surface area contributed by atoms with E-state index in [9.17, 15) is 0 Å². The highest BCUT2D eigenvalue weighted by molar-refractivity contribution is 6.30. The molecule has 2 aromatic rings. The smallest absolute Gasteiger partial charge is 0.0408 e. The molecule has 0 aliphatic heterocycles. The third-order valence-electron chi connectivity index (χ3n) is 2.46. The van der Waals surface area contributed by atoms with Crippen LogP contribution in [-0.4, -0.2) is 0 Å². The first-order chi connectivity index (χ1) is 7.79. The number of halogens is 1. The van der Waals surface area contributed by atoms with Crippen molar-refractivity contribution in [1.29, 1.82) is 0 Å². The van der Waals surface area contributed by atoms with E-state index in [1.165, 1.54) is 5.56 Å². The van der Waals surface area contributed by atoms with Crippen LogP contribution < -0.4 is 0 Å². The summed E-state index contributed by atoms with van der Waals surface area (Å²) in [7, 11) is 0. The van der Waals surface area contributed by atoms with E-state index in [0.29, 0.717) is 0 Å². The summed E-state index contributed by atoms with van der Waals surface area (Å²) >= 11 is 5.94. The number of benzene rings is 2. The minimum Gasteiger partial charge on any atom is -0.115 e. The molecule has 0 nitrogen and oxygen atoms in total. The lowest BCUT2D eigenvalue weighted by Gasteiger charge is -2.05. The Bertz CT molecular complexity index is 535. The Hall–Kier alpha value is -1.71. The van der Waals surface area contributed by atoms with Gasteiger partial charge >= 0.3 is 0 Å². The Labute approximate surface area is 101 Å². The first-order valence-corrected chi connectivity index (χ1v) is 5.46. The van der Waals surface area contributed by atoms with Crippen LogP contribution in [0.1, 0.15) is 16.7 Å². The Kier molecular flexibility index (Phi) is 3.29. The molecule has 0 heterocycles. The minimum atomic E-state index is 0.760. The average molecular weight is 227 g/mol. The van der Waals surface area contributed by atoms with Gasteiger partial charge in [-0.1, -0.05) is 47.9 Å². The zero-order valence-corrected chi connectivity index (χ0v) is 9.54. The molecule has 0 bridgehead atoms. The molecule has 78 valence electrons. The van der Waals surface area contributed by atoms with Crippen molar-refractivity contribution in [3.05, 3.63) is 70.2 Å². The zero-order chi connectivity index (χ0) is 11.4. The van der Waals surface area contributed by atoms with Crippen molar-refractivity contribution in [3.63, 3.8) is 0 Å². The van der Waals surface area contributed by atoms with Gasteiger partial charge in [0.2, 0.25) is 0 Å². The lowest BCUT2D eigenvalue weighted by molar-refractivity contribution is 1.18. The van der Waals surface area contributed by atoms with Gasteiger partial charge in [-0.15, -0.1) is 6.42 Å². The van der Waals surface area contributed by atoms with Crippen LogP contribution in [0.3, 0.4) is 0 Å². The standard InChI is InChI=1S/C15H11Cl/c1-2-13-7-3-4-8-14(13)10-12-6-5-9-15(16)11-12/h1,3-9,11H,10H2. The highest BCUT2D eigenvalue weighted by atomic mass is 35.5. The number of terminal acetylenes is 1. The van der Waals surface area contributed by atoms with E-state index in [0.717, 1.165) is 22.6 Å². The number of hydrogen-bond acceptors (Lipinski definition) is 0. The molecule has 0 fully saturated rings. The van der Waals surface area contributed by atoms with Crippen molar-refractivity contribution in [2.75, 3.05) is 0 Å². The fourth-order valence-corrected chi connectivity index (χ4v) is 1.89. The van der Waals surface area contributed by atoms with Gasteiger partial charge in [-0.3, -0.25) is 0 Å². The molecule has 0 atom stereocenters. The fourth-order valence-electron chi connectivity index (χ4n) is 1.68. The van der Waals surface area contributed by atoms with E-state index in [-0.39, 0.29) is 0 Å². The van der Waals surface area contributed by atoms with Gasteiger partial charge in [-0.25, -0.2) is 0 Å². The van der Waals surface area contributed by atoms with Crippen LogP contribution in [0.4, 0.5) is 0 Å². The van der Waals surface area contributed by atoms with Gasteiger partial charge < -0.3 is 0 Å². The molecular formula is C15H11Cl. The molecule has 0 spiro atoms. The van der Waals surface area contributed by atoms with Gasteiger partial charge in [-0.2, -0.15) is 0 Å². The largest absolute Gasteiger partial charge is 0.115 e. The maximum atomic E-state index is 5.94. The van der Waals surface area contributed by atoms with E-state index in [1.807, 2.05) is 36.4 Å². The van der Waals surface area contributed by atoms with Crippen LogP contribution in [0, 0.1) is 12.3 Å². The molecule has 0 aliphatic carbocycles. The summed E-state index contributed by atoms with van der Waals surface area (Å²) in [6, 6.07) is 15.8. The second kappa shape index (κ2) is 4.88. The van der Waals surface area contributed by atoms with Crippen LogP contribution in [-0.2, 0) is 6.42 Å². The van der Waals surface area contributed by atoms with Crippen LogP contribution >= 0.6 is 11.6 Å². The molecule has 1 heteroatoms. The number of rotatable bonds is 2. The topological polar surface area (TPSA) is 0 Å². The van der Waals surface area contributed by atoms with Crippen LogP contribution in [0.5, 0.6) is 0 Å². The Morgan fingerprint density at radius 2 is 1.88 bits per heavy atom. The maximum Gasteiger partial charge on any atom is 0.0408 e. The van der Waals surface area contributed by atoms with Crippen LogP contribution in [0.25, 0.3) is 0 Å². The predicted molar refractivity (Wildman–Crippen MR) is 68.6 cm³/mol. The van der Waals surface area contributed by atoms with Crippen molar-refractivity contribution >= 4 is 11.6 Å². The monoisotopic (exact) mass is 226 g/mol. The van der Waals surface area contributed by atoms with Gasteiger partial charge in [0.05, 0.1) is 0 Å². The van der Waals surface area contributed by atoms with Gasteiger partial charge in [0.1, 0.15) is 0 Å². The van der Waals surface area contributed by atoms with Crippen molar-refractivity contribution < 1.29 is 0 Å². The van der Waals surface area contributed by atoms with Crippen LogP contribution in [0.2, 0.25) is 5.02 Å². The van der Waals surface area contributed by atoms with Crippen molar-refractivity contribution in [2.45, 2.75) is 6.42 Å². The summed E-state index contributed by atoms with van der Waals surface area (Å²) in [5.41, 5.74) is 3.28. The molecule has 0 amide bonds. The van der Waals surface area contributed by atoms with Gasteiger partial charge in [0.25, 0.3) is 0 Å². The Morgan fingerprint density at radius 3 is 2.62 bits per heavy atom. The molecule has 0 radical (unpaired) electrons. The normalized spacial score (nSPS) is 9.75. The van der Waals surface area contributed by atoms with E-state index in [1.54, 1.807) is 0 Å². The van der Waals surface area contributed by atoms with Crippen molar-refractivity contribution in [1.82, 2.24) is 0 Å². The van der Waals surface area contributed by atoms with E-state index in [4.69, 9.17) is 18.0 Å². The van der Waals surface area contributed by atoms with E-state index in [2.05, 4.69) is 18.1 Å². The third-order valence-corrected chi connectivity index (χ3v) is 2.69. The SMILES string of the molecule is C#Cc1ccccc1Cc1cccc(Cl)c1. The summed E-state index contributed by atoms with van der Waals surface area (Å²) in [6.07, 6.45) is 6.28. The van der Waals surface area contributed by atoms with Gasteiger partial charge in [-0.05, 0) is 35.7 Å². The summed E-state index contributed by atoms with van der Waals surface area (Å²) in [5.74, 6) is 2.70. The molecular weight excluding hydrogens is 216 g/mol. The molecule has 0 aromatic heterocycles. The highest BCUT2D eigenvalue weighted by Gasteiger charge is 2.01. The lowest BCUT2D eigenvalue weighted by atomic mass is 10.0. The van der Waals surface area contributed by atoms with E-state index >= 15 is 0 Å². The summed E-state index contributed by atoms with van der Waals surface area (Å²) in [5, 5.41) is 0.760. The molecule has 2 rings (SSSR count). The molecule has 0 N–H and O–H groups in total. The van der Waals surface area contributed by atoms with Crippen molar-refractivity contribution in [3.8, 4) is 12.3 Å². The molecule has 2 aromatic carbocycles. The maximum absolute atomic E-state index is 5.94. The summed E-state index contributed by atoms with van der Waals surface area (Å²) in [4.78, 5) is 0. The second-order valence-electron chi connectivity index (χ2n) is 3.61. The molecule has 0 saturated heterocycles. The lowest BCUT2D eigenvalue weighted by Crippen LogP contribution is -1.91. The Morgan fingerprint density at radius 1 is 1.06 bits per heavy atom. The minimum absolute atomic E-state index is 0.760. The summed E-state index contributed by atoms with van der Waals surface area (Å²) in [6.45, 7) is 0. The first-order valence-electron chi connectivity index (χ1n) is 5.08. The van der Waals surface area contributed by atoms with E-state index < -0.39 is 0 Å². The molecule has 0 unspecified atom stereocenters.